The van der Waals surface area contributed by atoms with E-state index in [0.717, 1.165) is 19.4 Å². The maximum absolute atomic E-state index is 11.7. The van der Waals surface area contributed by atoms with Crippen molar-refractivity contribution in [1.29, 1.82) is 0 Å². The van der Waals surface area contributed by atoms with E-state index >= 15 is 0 Å². The topological polar surface area (TPSA) is 37.4 Å². The second-order valence-corrected chi connectivity index (χ2v) is 4.36. The Kier molecular flexibility index (Phi) is 3.67. The molecule has 1 heterocycles. The molecule has 0 radical (unpaired) electrons. The summed E-state index contributed by atoms with van der Waals surface area (Å²) >= 11 is 0. The van der Waals surface area contributed by atoms with Crippen LogP contribution in [-0.4, -0.2) is 29.2 Å². The van der Waals surface area contributed by atoms with Crippen LogP contribution in [0.3, 0.4) is 0 Å². The summed E-state index contributed by atoms with van der Waals surface area (Å²) in [5, 5.41) is 0. The number of piperidine rings is 1. The van der Waals surface area contributed by atoms with Crippen molar-refractivity contribution >= 4 is 11.7 Å². The Hall–Kier alpha value is -0.860. The fourth-order valence-electron chi connectivity index (χ4n) is 1.79. The molecule has 0 aromatic heterocycles. The van der Waals surface area contributed by atoms with Gasteiger partial charge in [-0.1, -0.05) is 13.8 Å². The predicted octanol–water partition coefficient (Wildman–Crippen LogP) is 1.61. The highest BCUT2D eigenvalue weighted by atomic mass is 16.2. The molecule has 3 heteroatoms. The van der Waals surface area contributed by atoms with Crippen molar-refractivity contribution in [2.45, 2.75) is 46.1 Å². The first-order valence-corrected chi connectivity index (χ1v) is 5.39. The van der Waals surface area contributed by atoms with Crippen molar-refractivity contribution in [3.8, 4) is 0 Å². The van der Waals surface area contributed by atoms with Gasteiger partial charge in [-0.25, -0.2) is 0 Å². The standard InChI is InChI=1S/C11H19NO2/c1-8(2)10(13)11(14)12-7-5-4-6-9(12)3/h8-9H,4-7H2,1-3H3. The van der Waals surface area contributed by atoms with Gasteiger partial charge < -0.3 is 4.90 Å². The molecule has 0 bridgehead atoms. The van der Waals surface area contributed by atoms with Gasteiger partial charge in [0.05, 0.1) is 0 Å². The molecular weight excluding hydrogens is 178 g/mol. The van der Waals surface area contributed by atoms with Gasteiger partial charge in [-0.15, -0.1) is 0 Å². The molecule has 1 rings (SSSR count). The fourth-order valence-corrected chi connectivity index (χ4v) is 1.79. The number of carbonyl (C=O) groups excluding carboxylic acids is 2. The quantitative estimate of drug-likeness (QED) is 0.631. The van der Waals surface area contributed by atoms with Crippen LogP contribution in [0.15, 0.2) is 0 Å². The minimum atomic E-state index is -0.285. The van der Waals surface area contributed by atoms with E-state index in [4.69, 9.17) is 0 Å². The highest BCUT2D eigenvalue weighted by molar-refractivity contribution is 6.36. The normalized spacial score (nSPS) is 22.6. The first-order chi connectivity index (χ1) is 6.54. The molecule has 1 fully saturated rings. The molecule has 1 saturated heterocycles. The molecule has 1 atom stereocenters. The van der Waals surface area contributed by atoms with Gasteiger partial charge in [0.1, 0.15) is 0 Å². The van der Waals surface area contributed by atoms with E-state index in [0.29, 0.717) is 0 Å². The fraction of sp³-hybridized carbons (Fsp3) is 0.818. The van der Waals surface area contributed by atoms with Crippen LogP contribution in [0.25, 0.3) is 0 Å². The third kappa shape index (κ3) is 2.34. The molecule has 1 unspecified atom stereocenters. The van der Waals surface area contributed by atoms with Crippen molar-refractivity contribution < 1.29 is 9.59 Å². The lowest BCUT2D eigenvalue weighted by molar-refractivity contribution is -0.148. The van der Waals surface area contributed by atoms with Crippen molar-refractivity contribution in [3.05, 3.63) is 0 Å². The van der Waals surface area contributed by atoms with E-state index in [1.807, 2.05) is 6.92 Å². The Bertz CT molecular complexity index is 235. The van der Waals surface area contributed by atoms with E-state index < -0.39 is 0 Å². The number of carbonyl (C=O) groups is 2. The van der Waals surface area contributed by atoms with Crippen molar-refractivity contribution in [2.75, 3.05) is 6.54 Å². The van der Waals surface area contributed by atoms with Crippen molar-refractivity contribution in [3.63, 3.8) is 0 Å². The van der Waals surface area contributed by atoms with E-state index in [9.17, 15) is 9.59 Å². The molecule has 1 aliphatic heterocycles. The molecule has 0 saturated carbocycles. The van der Waals surface area contributed by atoms with Gasteiger partial charge in [0.2, 0.25) is 5.78 Å². The Morgan fingerprint density at radius 2 is 1.93 bits per heavy atom. The molecule has 1 amide bonds. The molecule has 0 spiro atoms. The average Bonchev–Trinajstić information content (AvgIpc) is 2.16. The number of amides is 1. The van der Waals surface area contributed by atoms with E-state index in [1.165, 1.54) is 6.42 Å². The second-order valence-electron chi connectivity index (χ2n) is 4.36. The molecular formula is C11H19NO2. The molecule has 14 heavy (non-hydrogen) atoms. The smallest absolute Gasteiger partial charge is 0.290 e. The molecule has 1 aliphatic rings. The van der Waals surface area contributed by atoms with Gasteiger partial charge in [0.25, 0.3) is 5.91 Å². The van der Waals surface area contributed by atoms with Gasteiger partial charge >= 0.3 is 0 Å². The van der Waals surface area contributed by atoms with Gasteiger partial charge in [-0.2, -0.15) is 0 Å². The Morgan fingerprint density at radius 1 is 1.29 bits per heavy atom. The number of rotatable bonds is 2. The monoisotopic (exact) mass is 197 g/mol. The predicted molar refractivity (Wildman–Crippen MR) is 54.9 cm³/mol. The molecule has 0 aliphatic carbocycles. The van der Waals surface area contributed by atoms with Gasteiger partial charge in [-0.05, 0) is 26.2 Å². The first kappa shape index (κ1) is 11.2. The maximum Gasteiger partial charge on any atom is 0.290 e. The minimum absolute atomic E-state index is 0.184. The summed E-state index contributed by atoms with van der Waals surface area (Å²) in [7, 11) is 0. The number of hydrogen-bond donors (Lipinski definition) is 0. The Labute approximate surface area is 85.5 Å². The highest BCUT2D eigenvalue weighted by Gasteiger charge is 2.28. The zero-order chi connectivity index (χ0) is 10.7. The van der Waals surface area contributed by atoms with E-state index in [-0.39, 0.29) is 23.7 Å². The van der Waals surface area contributed by atoms with Crippen LogP contribution in [0.2, 0.25) is 0 Å². The summed E-state index contributed by atoms with van der Waals surface area (Å²) in [6.45, 7) is 6.31. The van der Waals surface area contributed by atoms with Crippen LogP contribution in [0.5, 0.6) is 0 Å². The lowest BCUT2D eigenvalue weighted by Gasteiger charge is -2.33. The number of Topliss-reactive ketones (excluding diaryl/α,β-unsaturated/α-hetero) is 1. The zero-order valence-electron chi connectivity index (χ0n) is 9.25. The van der Waals surface area contributed by atoms with E-state index in [1.54, 1.807) is 18.7 Å². The Balaban J connectivity index is 2.63. The highest BCUT2D eigenvalue weighted by Crippen LogP contribution is 2.17. The summed E-state index contributed by atoms with van der Waals surface area (Å²) in [6, 6.07) is 0.235. The van der Waals surface area contributed by atoms with Gasteiger partial charge in [-0.3, -0.25) is 9.59 Å². The molecule has 0 aromatic rings. The summed E-state index contributed by atoms with van der Waals surface area (Å²) in [4.78, 5) is 25.0. The minimum Gasteiger partial charge on any atom is -0.333 e. The second kappa shape index (κ2) is 4.58. The average molecular weight is 197 g/mol. The van der Waals surface area contributed by atoms with Crippen LogP contribution in [0, 0.1) is 5.92 Å². The lowest BCUT2D eigenvalue weighted by atomic mass is 10.0. The summed E-state index contributed by atoms with van der Waals surface area (Å²) in [6.07, 6.45) is 3.22. The lowest BCUT2D eigenvalue weighted by Crippen LogP contribution is -2.46. The molecule has 80 valence electrons. The largest absolute Gasteiger partial charge is 0.333 e. The van der Waals surface area contributed by atoms with Gasteiger partial charge in [0.15, 0.2) is 0 Å². The van der Waals surface area contributed by atoms with E-state index in [2.05, 4.69) is 0 Å². The van der Waals surface area contributed by atoms with Crippen LogP contribution in [0.1, 0.15) is 40.0 Å². The third-order valence-electron chi connectivity index (χ3n) is 2.80. The summed E-state index contributed by atoms with van der Waals surface area (Å²) in [5.41, 5.74) is 0. The maximum atomic E-state index is 11.7. The first-order valence-electron chi connectivity index (χ1n) is 5.39. The van der Waals surface area contributed by atoms with Gasteiger partial charge in [0, 0.05) is 18.5 Å². The zero-order valence-corrected chi connectivity index (χ0v) is 9.25. The van der Waals surface area contributed by atoms with Crippen LogP contribution >= 0.6 is 0 Å². The number of hydrogen-bond acceptors (Lipinski definition) is 2. The molecule has 0 N–H and O–H groups in total. The molecule has 0 aromatic carbocycles. The summed E-state index contributed by atoms with van der Waals surface area (Å²) in [5.74, 6) is -0.720. The van der Waals surface area contributed by atoms with Crippen LogP contribution in [0.4, 0.5) is 0 Å². The number of likely N-dealkylation sites (tertiary alicyclic amines) is 1. The third-order valence-corrected chi connectivity index (χ3v) is 2.80. The van der Waals surface area contributed by atoms with Crippen molar-refractivity contribution in [1.82, 2.24) is 4.90 Å². The van der Waals surface area contributed by atoms with Crippen molar-refractivity contribution in [2.24, 2.45) is 5.92 Å². The van der Waals surface area contributed by atoms with Crippen LogP contribution in [-0.2, 0) is 9.59 Å². The summed E-state index contributed by atoms with van der Waals surface area (Å²) < 4.78 is 0. The Morgan fingerprint density at radius 3 is 2.43 bits per heavy atom. The number of nitrogens with zero attached hydrogens (tertiary/aromatic N) is 1. The SMILES string of the molecule is CC(C)C(=O)C(=O)N1CCCCC1C. The number of ketones is 1. The molecule has 3 nitrogen and oxygen atoms in total. The van der Waals surface area contributed by atoms with Crippen LogP contribution < -0.4 is 0 Å².